The molecule has 1 atom stereocenters. The van der Waals surface area contributed by atoms with E-state index in [1.54, 1.807) is 0 Å². The number of rotatable bonds is 5. The molecule has 5 heteroatoms. The van der Waals surface area contributed by atoms with Crippen LogP contribution in [0.15, 0.2) is 24.3 Å². The maximum atomic E-state index is 12.2. The number of hydrogen-bond donors (Lipinski definition) is 2. The second-order valence-corrected chi connectivity index (χ2v) is 7.14. The Kier molecular flexibility index (Phi) is 4.90. The summed E-state index contributed by atoms with van der Waals surface area (Å²) < 4.78 is 0. The highest BCUT2D eigenvalue weighted by Crippen LogP contribution is 2.32. The van der Waals surface area contributed by atoms with Crippen LogP contribution in [-0.4, -0.2) is 29.1 Å². The SMILES string of the molecule is CC(NC(=O)CC1(O)CCCC1)c1ccc(N2CCCC2=O)cc1. The van der Waals surface area contributed by atoms with Crippen LogP contribution >= 0.6 is 0 Å². The summed E-state index contributed by atoms with van der Waals surface area (Å²) >= 11 is 0. The van der Waals surface area contributed by atoms with Crippen molar-refractivity contribution in [3.63, 3.8) is 0 Å². The van der Waals surface area contributed by atoms with Gasteiger partial charge in [0.15, 0.2) is 0 Å². The predicted molar refractivity (Wildman–Crippen MR) is 92.6 cm³/mol. The van der Waals surface area contributed by atoms with Gasteiger partial charge < -0.3 is 15.3 Å². The van der Waals surface area contributed by atoms with E-state index in [4.69, 9.17) is 0 Å². The van der Waals surface area contributed by atoms with Gasteiger partial charge in [0.2, 0.25) is 11.8 Å². The summed E-state index contributed by atoms with van der Waals surface area (Å²) in [6.45, 7) is 2.72. The van der Waals surface area contributed by atoms with Crippen LogP contribution in [-0.2, 0) is 9.59 Å². The number of anilines is 1. The van der Waals surface area contributed by atoms with E-state index in [2.05, 4.69) is 5.32 Å². The van der Waals surface area contributed by atoms with Crippen molar-refractivity contribution in [1.82, 2.24) is 5.32 Å². The molecule has 1 aliphatic carbocycles. The van der Waals surface area contributed by atoms with Crippen LogP contribution in [0.2, 0.25) is 0 Å². The molecule has 2 N–H and O–H groups in total. The fourth-order valence-electron chi connectivity index (χ4n) is 3.75. The van der Waals surface area contributed by atoms with Gasteiger partial charge in [0.25, 0.3) is 0 Å². The molecule has 1 aromatic rings. The maximum absolute atomic E-state index is 12.2. The molecule has 0 radical (unpaired) electrons. The second-order valence-electron chi connectivity index (χ2n) is 7.14. The van der Waals surface area contributed by atoms with Gasteiger partial charge >= 0.3 is 0 Å². The van der Waals surface area contributed by atoms with E-state index in [-0.39, 0.29) is 24.3 Å². The molecule has 3 rings (SSSR count). The molecule has 1 saturated carbocycles. The quantitative estimate of drug-likeness (QED) is 0.872. The van der Waals surface area contributed by atoms with Crippen LogP contribution in [0.3, 0.4) is 0 Å². The minimum atomic E-state index is -0.816. The van der Waals surface area contributed by atoms with E-state index in [0.29, 0.717) is 19.3 Å². The molecule has 130 valence electrons. The van der Waals surface area contributed by atoms with Crippen molar-refractivity contribution < 1.29 is 14.7 Å². The average molecular weight is 330 g/mol. The highest BCUT2D eigenvalue weighted by molar-refractivity contribution is 5.95. The Balaban J connectivity index is 1.57. The normalized spacial score (nSPS) is 21.1. The number of amides is 2. The standard InChI is InChI=1S/C19H26N2O3/c1-14(20-17(22)13-19(24)10-2-3-11-19)15-6-8-16(9-7-15)21-12-4-5-18(21)23/h6-9,14,24H,2-5,10-13H2,1H3,(H,20,22). The monoisotopic (exact) mass is 330 g/mol. The number of carbonyl (C=O) groups is 2. The molecule has 0 aromatic heterocycles. The van der Waals surface area contributed by atoms with Gasteiger partial charge in [-0.3, -0.25) is 9.59 Å². The first-order chi connectivity index (χ1) is 11.5. The zero-order valence-corrected chi connectivity index (χ0v) is 14.3. The molecule has 1 heterocycles. The fraction of sp³-hybridized carbons (Fsp3) is 0.579. The minimum Gasteiger partial charge on any atom is -0.389 e. The minimum absolute atomic E-state index is 0.106. The third-order valence-electron chi connectivity index (χ3n) is 5.18. The zero-order chi connectivity index (χ0) is 17.2. The molecular weight excluding hydrogens is 304 g/mol. The molecule has 1 saturated heterocycles. The summed E-state index contributed by atoms with van der Waals surface area (Å²) in [5.41, 5.74) is 1.10. The van der Waals surface area contributed by atoms with Gasteiger partial charge in [-0.2, -0.15) is 0 Å². The van der Waals surface area contributed by atoms with Crippen molar-refractivity contribution in [1.29, 1.82) is 0 Å². The van der Waals surface area contributed by atoms with Crippen LogP contribution < -0.4 is 10.2 Å². The topological polar surface area (TPSA) is 69.6 Å². The molecule has 1 unspecified atom stereocenters. The summed E-state index contributed by atoms with van der Waals surface area (Å²) in [5.74, 6) is 0.0691. The smallest absolute Gasteiger partial charge is 0.227 e. The van der Waals surface area contributed by atoms with E-state index in [1.165, 1.54) is 0 Å². The van der Waals surface area contributed by atoms with Gasteiger partial charge in [-0.15, -0.1) is 0 Å². The Morgan fingerprint density at radius 3 is 2.50 bits per heavy atom. The maximum Gasteiger partial charge on any atom is 0.227 e. The lowest BCUT2D eigenvalue weighted by Gasteiger charge is -2.23. The lowest BCUT2D eigenvalue weighted by molar-refractivity contribution is -0.126. The zero-order valence-electron chi connectivity index (χ0n) is 14.3. The molecule has 1 aliphatic heterocycles. The molecule has 1 aromatic carbocycles. The second kappa shape index (κ2) is 6.93. The first kappa shape index (κ1) is 17.0. The van der Waals surface area contributed by atoms with E-state index < -0.39 is 5.60 Å². The van der Waals surface area contributed by atoms with Gasteiger partial charge in [0, 0.05) is 18.7 Å². The molecule has 0 bridgehead atoms. The number of nitrogens with zero attached hydrogens (tertiary/aromatic N) is 1. The van der Waals surface area contributed by atoms with Gasteiger partial charge in [0.05, 0.1) is 18.1 Å². The van der Waals surface area contributed by atoms with E-state index in [1.807, 2.05) is 36.1 Å². The number of benzene rings is 1. The van der Waals surface area contributed by atoms with Gasteiger partial charge in [0.1, 0.15) is 0 Å². The Hall–Kier alpha value is -1.88. The summed E-state index contributed by atoms with van der Waals surface area (Å²) in [6.07, 6.45) is 5.14. The summed E-state index contributed by atoms with van der Waals surface area (Å²) in [5, 5.41) is 13.3. The average Bonchev–Trinajstić information content (AvgIpc) is 3.16. The Labute approximate surface area is 143 Å². The first-order valence-corrected chi connectivity index (χ1v) is 8.89. The fourth-order valence-corrected chi connectivity index (χ4v) is 3.75. The molecule has 2 aliphatic rings. The van der Waals surface area contributed by atoms with E-state index in [9.17, 15) is 14.7 Å². The Bertz CT molecular complexity index is 606. The third-order valence-corrected chi connectivity index (χ3v) is 5.18. The number of aliphatic hydroxyl groups is 1. The van der Waals surface area contributed by atoms with Crippen LogP contribution in [0.25, 0.3) is 0 Å². The molecule has 0 spiro atoms. The molecule has 24 heavy (non-hydrogen) atoms. The van der Waals surface area contributed by atoms with E-state index >= 15 is 0 Å². The van der Waals surface area contributed by atoms with Crippen molar-refractivity contribution in [3.8, 4) is 0 Å². The summed E-state index contributed by atoms with van der Waals surface area (Å²) in [4.78, 5) is 25.8. The van der Waals surface area contributed by atoms with Crippen LogP contribution in [0, 0.1) is 0 Å². The van der Waals surface area contributed by atoms with Crippen molar-refractivity contribution in [3.05, 3.63) is 29.8 Å². The van der Waals surface area contributed by atoms with Gasteiger partial charge in [-0.25, -0.2) is 0 Å². The van der Waals surface area contributed by atoms with Crippen LogP contribution in [0.1, 0.15) is 63.5 Å². The Morgan fingerprint density at radius 1 is 1.25 bits per heavy atom. The van der Waals surface area contributed by atoms with Gasteiger partial charge in [-0.05, 0) is 43.9 Å². The van der Waals surface area contributed by atoms with Crippen molar-refractivity contribution in [2.24, 2.45) is 0 Å². The highest BCUT2D eigenvalue weighted by Gasteiger charge is 2.33. The molecule has 5 nitrogen and oxygen atoms in total. The van der Waals surface area contributed by atoms with Crippen molar-refractivity contribution >= 4 is 17.5 Å². The van der Waals surface area contributed by atoms with E-state index in [0.717, 1.165) is 37.1 Å². The Morgan fingerprint density at radius 2 is 1.92 bits per heavy atom. The molecule has 2 fully saturated rings. The largest absolute Gasteiger partial charge is 0.389 e. The number of nitrogens with one attached hydrogen (secondary N) is 1. The van der Waals surface area contributed by atoms with Crippen molar-refractivity contribution in [2.45, 2.75) is 63.5 Å². The molecular formula is C19H26N2O3. The van der Waals surface area contributed by atoms with Crippen LogP contribution in [0.5, 0.6) is 0 Å². The highest BCUT2D eigenvalue weighted by atomic mass is 16.3. The number of hydrogen-bond acceptors (Lipinski definition) is 3. The van der Waals surface area contributed by atoms with Gasteiger partial charge in [-0.1, -0.05) is 25.0 Å². The summed E-state index contributed by atoms with van der Waals surface area (Å²) in [6, 6.07) is 7.66. The summed E-state index contributed by atoms with van der Waals surface area (Å²) in [7, 11) is 0. The predicted octanol–water partition coefficient (Wildman–Crippen LogP) is 2.69. The molecule has 2 amide bonds. The number of carbonyl (C=O) groups excluding carboxylic acids is 2. The van der Waals surface area contributed by atoms with Crippen molar-refractivity contribution in [2.75, 3.05) is 11.4 Å². The lowest BCUT2D eigenvalue weighted by atomic mass is 9.97. The first-order valence-electron chi connectivity index (χ1n) is 8.89. The third kappa shape index (κ3) is 3.78. The lowest BCUT2D eigenvalue weighted by Crippen LogP contribution is -2.35. The van der Waals surface area contributed by atoms with Crippen LogP contribution in [0.4, 0.5) is 5.69 Å².